The fourth-order valence-electron chi connectivity index (χ4n) is 2.93. The lowest BCUT2D eigenvalue weighted by molar-refractivity contribution is -0.138. The van der Waals surface area contributed by atoms with Crippen LogP contribution in [0.5, 0.6) is 5.75 Å². The standard InChI is InChI=1S/C22H34O5S/c1-2-18(17-22(25)26)28-20-14-11-10-13-19(20)27-16-12-8-6-4-3-5-7-9-15-21(23)24/h10-11,13-14,18H,2-9,12,15-17H2,1H3,(H,23,24)(H,25,26). The maximum atomic E-state index is 11.0. The maximum absolute atomic E-state index is 11.0. The summed E-state index contributed by atoms with van der Waals surface area (Å²) in [6.45, 7) is 2.68. The smallest absolute Gasteiger partial charge is 0.304 e. The second kappa shape index (κ2) is 15.3. The number of carboxylic acid groups (broad SMARTS) is 2. The van der Waals surface area contributed by atoms with Gasteiger partial charge in [0.2, 0.25) is 0 Å². The van der Waals surface area contributed by atoms with Crippen LogP contribution in [-0.2, 0) is 9.59 Å². The normalized spacial score (nSPS) is 11.9. The summed E-state index contributed by atoms with van der Waals surface area (Å²) in [5.74, 6) is -0.624. The zero-order valence-corrected chi connectivity index (χ0v) is 17.7. The SMILES string of the molecule is CCC(CC(=O)O)Sc1ccccc1OCCCCCCCCCCC(=O)O. The lowest BCUT2D eigenvalue weighted by Crippen LogP contribution is -2.09. The van der Waals surface area contributed by atoms with E-state index >= 15 is 0 Å². The van der Waals surface area contributed by atoms with Crippen molar-refractivity contribution in [2.75, 3.05) is 6.61 Å². The van der Waals surface area contributed by atoms with E-state index in [4.69, 9.17) is 14.9 Å². The van der Waals surface area contributed by atoms with E-state index in [2.05, 4.69) is 0 Å². The van der Waals surface area contributed by atoms with Gasteiger partial charge in [-0.15, -0.1) is 11.8 Å². The predicted molar refractivity (Wildman–Crippen MR) is 113 cm³/mol. The Morgan fingerprint density at radius 2 is 1.54 bits per heavy atom. The number of hydrogen-bond acceptors (Lipinski definition) is 4. The molecule has 6 heteroatoms. The molecule has 0 saturated heterocycles. The summed E-state index contributed by atoms with van der Waals surface area (Å²) < 4.78 is 5.95. The Kier molecular flexibility index (Phi) is 13.3. The molecule has 0 bridgehead atoms. The molecule has 0 radical (unpaired) electrons. The molecule has 0 aliphatic carbocycles. The second-order valence-corrected chi connectivity index (χ2v) is 8.36. The van der Waals surface area contributed by atoms with Crippen molar-refractivity contribution >= 4 is 23.7 Å². The van der Waals surface area contributed by atoms with E-state index in [1.807, 2.05) is 31.2 Å². The Hall–Kier alpha value is -1.69. The summed E-state index contributed by atoms with van der Waals surface area (Å²) in [5, 5.41) is 17.7. The maximum Gasteiger partial charge on any atom is 0.304 e. The number of benzene rings is 1. The van der Waals surface area contributed by atoms with Crippen molar-refractivity contribution in [1.82, 2.24) is 0 Å². The summed E-state index contributed by atoms with van der Waals surface area (Å²) >= 11 is 1.58. The summed E-state index contributed by atoms with van der Waals surface area (Å²) in [6.07, 6.45) is 9.81. The van der Waals surface area contributed by atoms with E-state index in [9.17, 15) is 9.59 Å². The highest BCUT2D eigenvalue weighted by molar-refractivity contribution is 8.00. The first-order valence-electron chi connectivity index (χ1n) is 10.3. The van der Waals surface area contributed by atoms with Crippen LogP contribution in [0, 0.1) is 0 Å². The van der Waals surface area contributed by atoms with Crippen molar-refractivity contribution in [1.29, 1.82) is 0 Å². The fraction of sp³-hybridized carbons (Fsp3) is 0.636. The van der Waals surface area contributed by atoms with Crippen molar-refractivity contribution in [3.05, 3.63) is 24.3 Å². The highest BCUT2D eigenvalue weighted by Crippen LogP contribution is 2.34. The Balaban J connectivity index is 2.18. The predicted octanol–water partition coefficient (Wildman–Crippen LogP) is 6.01. The number of para-hydroxylation sites is 1. The molecule has 1 aromatic rings. The molecule has 28 heavy (non-hydrogen) atoms. The molecule has 1 atom stereocenters. The van der Waals surface area contributed by atoms with Crippen LogP contribution in [0.15, 0.2) is 29.2 Å². The molecule has 158 valence electrons. The van der Waals surface area contributed by atoms with Crippen LogP contribution in [-0.4, -0.2) is 34.0 Å². The first kappa shape index (κ1) is 24.3. The van der Waals surface area contributed by atoms with Crippen molar-refractivity contribution in [3.63, 3.8) is 0 Å². The minimum Gasteiger partial charge on any atom is -0.492 e. The Labute approximate surface area is 172 Å². The van der Waals surface area contributed by atoms with Gasteiger partial charge in [0.25, 0.3) is 0 Å². The summed E-state index contributed by atoms with van der Waals surface area (Å²) in [7, 11) is 0. The Morgan fingerprint density at radius 3 is 2.14 bits per heavy atom. The lowest BCUT2D eigenvalue weighted by Gasteiger charge is -2.15. The zero-order chi connectivity index (χ0) is 20.6. The van der Waals surface area contributed by atoms with Gasteiger partial charge in [0.15, 0.2) is 0 Å². The number of carbonyl (C=O) groups is 2. The number of hydrogen-bond donors (Lipinski definition) is 2. The first-order chi connectivity index (χ1) is 13.5. The van der Waals surface area contributed by atoms with Crippen LogP contribution in [0.1, 0.15) is 77.6 Å². The molecule has 0 fully saturated rings. The number of aliphatic carboxylic acids is 2. The van der Waals surface area contributed by atoms with E-state index in [1.54, 1.807) is 11.8 Å². The second-order valence-electron chi connectivity index (χ2n) is 7.01. The Morgan fingerprint density at radius 1 is 0.929 bits per heavy atom. The van der Waals surface area contributed by atoms with Gasteiger partial charge in [0.1, 0.15) is 5.75 Å². The van der Waals surface area contributed by atoms with E-state index in [1.165, 1.54) is 19.3 Å². The van der Waals surface area contributed by atoms with Crippen LogP contribution in [0.3, 0.4) is 0 Å². The molecule has 2 N–H and O–H groups in total. The van der Waals surface area contributed by atoms with Gasteiger partial charge in [-0.25, -0.2) is 0 Å². The average Bonchev–Trinajstić information content (AvgIpc) is 2.66. The lowest BCUT2D eigenvalue weighted by atomic mass is 10.1. The number of ether oxygens (including phenoxy) is 1. The molecule has 0 aliphatic rings. The van der Waals surface area contributed by atoms with Crippen molar-refractivity contribution in [3.8, 4) is 5.75 Å². The highest BCUT2D eigenvalue weighted by atomic mass is 32.2. The van der Waals surface area contributed by atoms with Gasteiger partial charge in [-0.3, -0.25) is 9.59 Å². The molecule has 1 unspecified atom stereocenters. The Bertz CT molecular complexity index is 576. The van der Waals surface area contributed by atoms with E-state index in [-0.39, 0.29) is 18.1 Å². The van der Waals surface area contributed by atoms with Gasteiger partial charge in [-0.05, 0) is 31.4 Å². The number of carboxylic acids is 2. The van der Waals surface area contributed by atoms with Gasteiger partial charge in [0, 0.05) is 16.6 Å². The van der Waals surface area contributed by atoms with Crippen LogP contribution < -0.4 is 4.74 Å². The van der Waals surface area contributed by atoms with Crippen molar-refractivity contribution in [2.24, 2.45) is 0 Å². The zero-order valence-electron chi connectivity index (χ0n) is 16.9. The molecule has 0 aliphatic heterocycles. The fourth-order valence-corrected chi connectivity index (χ4v) is 4.08. The third kappa shape index (κ3) is 11.9. The van der Waals surface area contributed by atoms with Gasteiger partial charge in [-0.2, -0.15) is 0 Å². The number of unbranched alkanes of at least 4 members (excludes halogenated alkanes) is 7. The highest BCUT2D eigenvalue weighted by Gasteiger charge is 2.15. The molecule has 1 aromatic carbocycles. The molecule has 0 saturated carbocycles. The molecular formula is C22H34O5S. The van der Waals surface area contributed by atoms with E-state index in [0.717, 1.165) is 49.2 Å². The van der Waals surface area contributed by atoms with Gasteiger partial charge in [0.05, 0.1) is 13.0 Å². The van der Waals surface area contributed by atoms with Gasteiger partial charge >= 0.3 is 11.9 Å². The summed E-state index contributed by atoms with van der Waals surface area (Å²) in [4.78, 5) is 22.4. The molecular weight excluding hydrogens is 376 g/mol. The van der Waals surface area contributed by atoms with Gasteiger partial charge in [-0.1, -0.05) is 57.6 Å². The molecule has 0 heterocycles. The summed E-state index contributed by atoms with van der Waals surface area (Å²) in [6, 6.07) is 7.85. The molecule has 1 rings (SSSR count). The number of thioether (sulfide) groups is 1. The van der Waals surface area contributed by atoms with Gasteiger partial charge < -0.3 is 14.9 Å². The minimum absolute atomic E-state index is 0.0535. The van der Waals surface area contributed by atoms with Crippen LogP contribution in [0.25, 0.3) is 0 Å². The number of rotatable bonds is 17. The molecule has 5 nitrogen and oxygen atoms in total. The molecule has 0 amide bonds. The van der Waals surface area contributed by atoms with Crippen molar-refractivity contribution in [2.45, 2.75) is 87.7 Å². The van der Waals surface area contributed by atoms with Crippen LogP contribution in [0.4, 0.5) is 0 Å². The monoisotopic (exact) mass is 410 g/mol. The van der Waals surface area contributed by atoms with E-state index < -0.39 is 11.9 Å². The van der Waals surface area contributed by atoms with Crippen molar-refractivity contribution < 1.29 is 24.5 Å². The van der Waals surface area contributed by atoms with Crippen LogP contribution >= 0.6 is 11.8 Å². The van der Waals surface area contributed by atoms with E-state index in [0.29, 0.717) is 6.61 Å². The molecule has 0 spiro atoms. The largest absolute Gasteiger partial charge is 0.492 e. The third-order valence-electron chi connectivity index (χ3n) is 4.54. The minimum atomic E-state index is -0.764. The third-order valence-corrected chi connectivity index (χ3v) is 5.97. The average molecular weight is 411 g/mol. The summed E-state index contributed by atoms with van der Waals surface area (Å²) in [5.41, 5.74) is 0. The molecule has 0 aromatic heterocycles. The first-order valence-corrected chi connectivity index (χ1v) is 11.2. The topological polar surface area (TPSA) is 83.8 Å². The van der Waals surface area contributed by atoms with Crippen LogP contribution in [0.2, 0.25) is 0 Å². The quantitative estimate of drug-likeness (QED) is 0.242.